The Morgan fingerprint density at radius 3 is 2.40 bits per heavy atom. The van der Waals surface area contributed by atoms with E-state index >= 15 is 0 Å². The highest BCUT2D eigenvalue weighted by Gasteiger charge is 2.32. The summed E-state index contributed by atoms with van der Waals surface area (Å²) in [4.78, 5) is 22.4. The van der Waals surface area contributed by atoms with Crippen LogP contribution in [0.15, 0.2) is 47.4 Å². The monoisotopic (exact) mass is 437 g/mol. The van der Waals surface area contributed by atoms with E-state index in [2.05, 4.69) is 5.32 Å². The molecule has 0 unspecified atom stereocenters. The van der Waals surface area contributed by atoms with E-state index in [4.69, 9.17) is 4.74 Å². The third-order valence-corrected chi connectivity index (χ3v) is 6.81. The summed E-state index contributed by atoms with van der Waals surface area (Å²) in [5.41, 5.74) is 0.0510. The first-order chi connectivity index (χ1) is 14.2. The smallest absolute Gasteiger partial charge is 0.273 e. The number of nitro groups is 1. The van der Waals surface area contributed by atoms with Gasteiger partial charge in [0.15, 0.2) is 0 Å². The lowest BCUT2D eigenvalue weighted by atomic mass is 10.1. The van der Waals surface area contributed by atoms with Gasteiger partial charge in [0.05, 0.1) is 18.1 Å². The maximum atomic E-state index is 13.0. The highest BCUT2D eigenvalue weighted by molar-refractivity contribution is 7.89. The largest absolute Gasteiger partial charge is 0.495 e. The summed E-state index contributed by atoms with van der Waals surface area (Å²) in [5.74, 6) is -0.893. The van der Waals surface area contributed by atoms with Gasteiger partial charge in [-0.15, -0.1) is 0 Å². The fourth-order valence-electron chi connectivity index (χ4n) is 3.23. The van der Waals surface area contributed by atoms with Crippen molar-refractivity contribution < 1.29 is 27.3 Å². The summed E-state index contributed by atoms with van der Waals surface area (Å²) in [6, 6.07) is 8.27. The maximum absolute atomic E-state index is 13.0. The fourth-order valence-corrected chi connectivity index (χ4v) is 4.84. The van der Waals surface area contributed by atoms with E-state index in [1.54, 1.807) is 0 Å². The van der Waals surface area contributed by atoms with E-state index in [1.807, 2.05) is 0 Å². The number of nitro benzene ring substituents is 1. The molecule has 9 nitrogen and oxygen atoms in total. The molecule has 1 aliphatic rings. The SMILES string of the molecule is COc1cc([N+](=O)[O-])ccc1S(=O)(=O)N1CCC(NC(=O)c2ccc(F)cc2)CC1. The molecule has 11 heteroatoms. The van der Waals surface area contributed by atoms with E-state index in [1.165, 1.54) is 35.7 Å². The van der Waals surface area contributed by atoms with E-state index in [0.29, 0.717) is 18.4 Å². The number of benzene rings is 2. The number of nitrogens with zero attached hydrogens (tertiary/aromatic N) is 2. The summed E-state index contributed by atoms with van der Waals surface area (Å²) >= 11 is 0. The first-order valence-corrected chi connectivity index (χ1v) is 10.6. The van der Waals surface area contributed by atoms with Crippen LogP contribution in [0.25, 0.3) is 0 Å². The number of non-ortho nitro benzene ring substituents is 1. The van der Waals surface area contributed by atoms with Gasteiger partial charge < -0.3 is 10.1 Å². The van der Waals surface area contributed by atoms with Crippen LogP contribution in [0.4, 0.5) is 10.1 Å². The summed E-state index contributed by atoms with van der Waals surface area (Å²) in [5, 5.41) is 13.7. The van der Waals surface area contributed by atoms with Crippen molar-refractivity contribution in [2.75, 3.05) is 20.2 Å². The van der Waals surface area contributed by atoms with Crippen LogP contribution in [0, 0.1) is 15.9 Å². The second kappa shape index (κ2) is 8.76. The van der Waals surface area contributed by atoms with E-state index in [0.717, 1.165) is 18.2 Å². The summed E-state index contributed by atoms with van der Waals surface area (Å²) in [7, 11) is -2.68. The zero-order chi connectivity index (χ0) is 21.9. The normalized spacial score (nSPS) is 15.5. The molecule has 1 amide bonds. The lowest BCUT2D eigenvalue weighted by Crippen LogP contribution is -2.46. The van der Waals surface area contributed by atoms with Crippen LogP contribution < -0.4 is 10.1 Å². The Morgan fingerprint density at radius 1 is 1.20 bits per heavy atom. The highest BCUT2D eigenvalue weighted by Crippen LogP contribution is 2.31. The Morgan fingerprint density at radius 2 is 1.83 bits per heavy atom. The Kier molecular flexibility index (Phi) is 6.32. The summed E-state index contributed by atoms with van der Waals surface area (Å²) in [6.45, 7) is 0.327. The van der Waals surface area contributed by atoms with Gasteiger partial charge >= 0.3 is 0 Å². The molecule has 1 heterocycles. The van der Waals surface area contributed by atoms with Gasteiger partial charge in [-0.1, -0.05) is 0 Å². The molecule has 160 valence electrons. The third kappa shape index (κ3) is 4.57. The number of nitrogens with one attached hydrogen (secondary N) is 1. The molecule has 1 fully saturated rings. The number of halogens is 1. The van der Waals surface area contributed by atoms with Gasteiger partial charge in [0, 0.05) is 30.8 Å². The van der Waals surface area contributed by atoms with Gasteiger partial charge in [-0.2, -0.15) is 4.31 Å². The predicted molar refractivity (Wildman–Crippen MR) is 105 cm³/mol. The number of sulfonamides is 1. The molecular weight excluding hydrogens is 417 g/mol. The minimum absolute atomic E-state index is 0.101. The van der Waals surface area contributed by atoms with E-state index in [9.17, 15) is 27.7 Å². The van der Waals surface area contributed by atoms with Crippen molar-refractivity contribution in [3.63, 3.8) is 0 Å². The zero-order valence-corrected chi connectivity index (χ0v) is 16.9. The van der Waals surface area contributed by atoms with Crippen LogP contribution in [0.2, 0.25) is 0 Å². The third-order valence-electron chi connectivity index (χ3n) is 4.87. The Balaban J connectivity index is 1.67. The van der Waals surface area contributed by atoms with Crippen molar-refractivity contribution in [3.05, 3.63) is 64.0 Å². The molecule has 1 N–H and O–H groups in total. The van der Waals surface area contributed by atoms with Crippen molar-refractivity contribution in [2.45, 2.75) is 23.8 Å². The predicted octanol–water partition coefficient (Wildman–Crippen LogP) is 2.33. The van der Waals surface area contributed by atoms with Gasteiger partial charge in [0.1, 0.15) is 16.5 Å². The number of piperidine rings is 1. The number of ether oxygens (including phenoxy) is 1. The molecule has 1 saturated heterocycles. The number of hydrogen-bond acceptors (Lipinski definition) is 6. The number of carbonyl (C=O) groups excluding carboxylic acids is 1. The molecule has 0 radical (unpaired) electrons. The number of rotatable bonds is 6. The van der Waals surface area contributed by atoms with Crippen molar-refractivity contribution >= 4 is 21.6 Å². The minimum atomic E-state index is -3.92. The first-order valence-electron chi connectivity index (χ1n) is 9.11. The van der Waals surface area contributed by atoms with Crippen molar-refractivity contribution in [1.82, 2.24) is 9.62 Å². The van der Waals surface area contributed by atoms with Crippen molar-refractivity contribution in [2.24, 2.45) is 0 Å². The molecule has 2 aromatic rings. The van der Waals surface area contributed by atoms with Gasteiger partial charge in [0.25, 0.3) is 11.6 Å². The van der Waals surface area contributed by atoms with Gasteiger partial charge in [0.2, 0.25) is 10.0 Å². The number of methoxy groups -OCH3 is 1. The number of carbonyl (C=O) groups is 1. The standard InChI is InChI=1S/C19H20FN3O6S/c1-29-17-12-16(23(25)26)6-7-18(17)30(27,28)22-10-8-15(9-11-22)21-19(24)13-2-4-14(20)5-3-13/h2-7,12,15H,8-11H2,1H3,(H,21,24). The molecule has 0 aromatic heterocycles. The Bertz CT molecular complexity index is 1050. The van der Waals surface area contributed by atoms with Crippen molar-refractivity contribution in [3.8, 4) is 5.75 Å². The second-order valence-electron chi connectivity index (χ2n) is 6.75. The fraction of sp³-hybridized carbons (Fsp3) is 0.316. The summed E-state index contributed by atoms with van der Waals surface area (Å²) < 4.78 is 45.3. The molecule has 0 spiro atoms. The van der Waals surface area contributed by atoms with Crippen LogP contribution in [-0.4, -0.2) is 49.8 Å². The molecule has 0 saturated carbocycles. The quantitative estimate of drug-likeness (QED) is 0.547. The highest BCUT2D eigenvalue weighted by atomic mass is 32.2. The first kappa shape index (κ1) is 21.7. The molecule has 0 bridgehead atoms. The lowest BCUT2D eigenvalue weighted by molar-refractivity contribution is -0.385. The van der Waals surface area contributed by atoms with Crippen LogP contribution in [-0.2, 0) is 10.0 Å². The van der Waals surface area contributed by atoms with Crippen LogP contribution in [0.5, 0.6) is 5.75 Å². The Labute approximate surface area is 172 Å². The molecule has 3 rings (SSSR count). The molecule has 30 heavy (non-hydrogen) atoms. The molecule has 2 aromatic carbocycles. The minimum Gasteiger partial charge on any atom is -0.495 e. The second-order valence-corrected chi connectivity index (χ2v) is 8.66. The number of hydrogen-bond donors (Lipinski definition) is 1. The zero-order valence-electron chi connectivity index (χ0n) is 16.1. The molecule has 0 aliphatic carbocycles. The summed E-state index contributed by atoms with van der Waals surface area (Å²) in [6.07, 6.45) is 0.781. The van der Waals surface area contributed by atoms with E-state index < -0.39 is 20.8 Å². The average Bonchev–Trinajstić information content (AvgIpc) is 2.74. The van der Waals surface area contributed by atoms with Crippen LogP contribution in [0.1, 0.15) is 23.2 Å². The lowest BCUT2D eigenvalue weighted by Gasteiger charge is -2.31. The van der Waals surface area contributed by atoms with Gasteiger partial charge in [-0.3, -0.25) is 14.9 Å². The van der Waals surface area contributed by atoms with Gasteiger partial charge in [-0.25, -0.2) is 12.8 Å². The molecular formula is C19H20FN3O6S. The van der Waals surface area contributed by atoms with Crippen LogP contribution in [0.3, 0.4) is 0 Å². The van der Waals surface area contributed by atoms with E-state index in [-0.39, 0.29) is 41.4 Å². The Hall–Kier alpha value is -3.05. The van der Waals surface area contributed by atoms with Crippen LogP contribution >= 0.6 is 0 Å². The van der Waals surface area contributed by atoms with Crippen molar-refractivity contribution in [1.29, 1.82) is 0 Å². The average molecular weight is 437 g/mol. The topological polar surface area (TPSA) is 119 Å². The molecule has 0 atom stereocenters. The maximum Gasteiger partial charge on any atom is 0.273 e. The molecule has 1 aliphatic heterocycles. The van der Waals surface area contributed by atoms with Gasteiger partial charge in [-0.05, 0) is 43.2 Å². The number of amides is 1.